The fourth-order valence-corrected chi connectivity index (χ4v) is 2.48. The van der Waals surface area contributed by atoms with Crippen molar-refractivity contribution >= 4 is 28.5 Å². The summed E-state index contributed by atoms with van der Waals surface area (Å²) in [5.74, 6) is -1.38. The van der Waals surface area contributed by atoms with Gasteiger partial charge in [0.05, 0.1) is 11.6 Å². The van der Waals surface area contributed by atoms with Crippen LogP contribution in [0.4, 0.5) is 8.78 Å². The molecule has 5 heteroatoms. The summed E-state index contributed by atoms with van der Waals surface area (Å²) in [6.45, 7) is 1.62. The lowest BCUT2D eigenvalue weighted by atomic mass is 10.1. The molecule has 0 aliphatic carbocycles. The van der Waals surface area contributed by atoms with Gasteiger partial charge in [0, 0.05) is 9.13 Å². The van der Waals surface area contributed by atoms with Crippen LogP contribution in [0.5, 0.6) is 0 Å². The number of hydrogen-bond donors (Lipinski definition) is 1. The molecule has 0 saturated heterocycles. The van der Waals surface area contributed by atoms with Crippen molar-refractivity contribution in [1.82, 2.24) is 5.32 Å². The average molecular weight is 387 g/mol. The van der Waals surface area contributed by atoms with Gasteiger partial charge in [-0.25, -0.2) is 8.78 Å². The van der Waals surface area contributed by atoms with Gasteiger partial charge in [0.2, 0.25) is 0 Å². The first-order valence-corrected chi connectivity index (χ1v) is 7.07. The second-order valence-corrected chi connectivity index (χ2v) is 5.50. The highest BCUT2D eigenvalue weighted by molar-refractivity contribution is 14.1. The fourth-order valence-electron chi connectivity index (χ4n) is 1.84. The maximum absolute atomic E-state index is 13.6. The summed E-state index contributed by atoms with van der Waals surface area (Å²) in [5, 5.41) is 2.67. The molecule has 104 valence electrons. The normalized spacial score (nSPS) is 12.0. The number of carbonyl (C=O) groups excluding carboxylic acids is 1. The van der Waals surface area contributed by atoms with E-state index in [-0.39, 0.29) is 11.5 Å². The van der Waals surface area contributed by atoms with Crippen LogP contribution in [0.15, 0.2) is 42.5 Å². The molecule has 0 radical (unpaired) electrons. The molecular weight excluding hydrogens is 375 g/mol. The first kappa shape index (κ1) is 14.9. The zero-order valence-electron chi connectivity index (χ0n) is 10.7. The van der Waals surface area contributed by atoms with Gasteiger partial charge in [-0.15, -0.1) is 0 Å². The van der Waals surface area contributed by atoms with Gasteiger partial charge in [-0.2, -0.15) is 0 Å². The Morgan fingerprint density at radius 2 is 1.90 bits per heavy atom. The highest BCUT2D eigenvalue weighted by Gasteiger charge is 2.16. The molecule has 2 aromatic rings. The first-order chi connectivity index (χ1) is 9.49. The number of hydrogen-bond acceptors (Lipinski definition) is 1. The molecule has 0 heterocycles. The van der Waals surface area contributed by atoms with E-state index in [9.17, 15) is 13.6 Å². The van der Waals surface area contributed by atoms with Crippen molar-refractivity contribution in [1.29, 1.82) is 0 Å². The lowest BCUT2D eigenvalue weighted by Crippen LogP contribution is -2.28. The SMILES string of the molecule is CC(NC(=O)c1ccccc1I)c1cc(F)ccc1F. The summed E-state index contributed by atoms with van der Waals surface area (Å²) >= 11 is 2.05. The minimum absolute atomic E-state index is 0.129. The van der Waals surface area contributed by atoms with Crippen molar-refractivity contribution in [3.05, 3.63) is 68.8 Å². The predicted molar refractivity (Wildman–Crippen MR) is 81.4 cm³/mol. The van der Waals surface area contributed by atoms with E-state index in [0.29, 0.717) is 5.56 Å². The second kappa shape index (κ2) is 6.30. The van der Waals surface area contributed by atoms with Crippen molar-refractivity contribution in [2.45, 2.75) is 13.0 Å². The monoisotopic (exact) mass is 387 g/mol. The topological polar surface area (TPSA) is 29.1 Å². The molecule has 0 aromatic heterocycles. The standard InChI is InChI=1S/C15H12F2INO/c1-9(12-8-10(16)6-7-13(12)17)19-15(20)11-4-2-3-5-14(11)18/h2-9H,1H3,(H,19,20). The first-order valence-electron chi connectivity index (χ1n) is 5.99. The molecule has 2 rings (SSSR count). The van der Waals surface area contributed by atoms with E-state index < -0.39 is 17.7 Å². The molecule has 0 aliphatic rings. The minimum Gasteiger partial charge on any atom is -0.345 e. The lowest BCUT2D eigenvalue weighted by Gasteiger charge is -2.15. The van der Waals surface area contributed by atoms with Gasteiger partial charge in [-0.1, -0.05) is 12.1 Å². The average Bonchev–Trinajstić information content (AvgIpc) is 2.41. The van der Waals surface area contributed by atoms with Crippen LogP contribution in [0.3, 0.4) is 0 Å². The molecule has 2 nitrogen and oxygen atoms in total. The molecule has 20 heavy (non-hydrogen) atoms. The van der Waals surface area contributed by atoms with Crippen LogP contribution in [-0.4, -0.2) is 5.91 Å². The largest absolute Gasteiger partial charge is 0.345 e. The van der Waals surface area contributed by atoms with Gasteiger partial charge in [0.15, 0.2) is 0 Å². The number of carbonyl (C=O) groups is 1. The van der Waals surface area contributed by atoms with E-state index in [0.717, 1.165) is 21.8 Å². The molecule has 1 N–H and O–H groups in total. The van der Waals surface area contributed by atoms with Crippen molar-refractivity contribution in [3.8, 4) is 0 Å². The summed E-state index contributed by atoms with van der Waals surface area (Å²) < 4.78 is 27.6. The quantitative estimate of drug-likeness (QED) is 0.791. The van der Waals surface area contributed by atoms with Crippen molar-refractivity contribution in [3.63, 3.8) is 0 Å². The number of nitrogens with one attached hydrogen (secondary N) is 1. The molecule has 0 fully saturated rings. The van der Waals surface area contributed by atoms with E-state index in [4.69, 9.17) is 0 Å². The van der Waals surface area contributed by atoms with Crippen molar-refractivity contribution < 1.29 is 13.6 Å². The van der Waals surface area contributed by atoms with Crippen LogP contribution in [0, 0.1) is 15.2 Å². The molecular formula is C15H12F2INO. The Labute approximate surface area is 129 Å². The number of amides is 1. The minimum atomic E-state index is -0.616. The van der Waals surface area contributed by atoms with Crippen LogP contribution in [0.25, 0.3) is 0 Å². The van der Waals surface area contributed by atoms with Crippen molar-refractivity contribution in [2.24, 2.45) is 0 Å². The molecule has 1 atom stereocenters. The van der Waals surface area contributed by atoms with Gasteiger partial charge >= 0.3 is 0 Å². The summed E-state index contributed by atoms with van der Waals surface area (Å²) in [6, 6.07) is 9.66. The third-order valence-electron chi connectivity index (χ3n) is 2.89. The number of rotatable bonds is 3. The molecule has 0 spiro atoms. The molecule has 0 saturated carbocycles. The summed E-state index contributed by atoms with van der Waals surface area (Å²) in [6.07, 6.45) is 0. The lowest BCUT2D eigenvalue weighted by molar-refractivity contribution is 0.0938. The maximum atomic E-state index is 13.6. The van der Waals surface area contributed by atoms with Gasteiger partial charge in [0.25, 0.3) is 5.91 Å². The molecule has 2 aromatic carbocycles. The van der Waals surface area contributed by atoms with Gasteiger partial charge in [-0.3, -0.25) is 4.79 Å². The van der Waals surface area contributed by atoms with Crippen LogP contribution in [0.2, 0.25) is 0 Å². The highest BCUT2D eigenvalue weighted by atomic mass is 127. The summed E-state index contributed by atoms with van der Waals surface area (Å²) in [4.78, 5) is 12.1. The fraction of sp³-hybridized carbons (Fsp3) is 0.133. The Hall–Kier alpha value is -1.50. The van der Waals surface area contributed by atoms with Gasteiger partial charge in [0.1, 0.15) is 11.6 Å². The van der Waals surface area contributed by atoms with Crippen LogP contribution >= 0.6 is 22.6 Å². The zero-order chi connectivity index (χ0) is 14.7. The van der Waals surface area contributed by atoms with Crippen LogP contribution < -0.4 is 5.32 Å². The molecule has 0 bridgehead atoms. The Balaban J connectivity index is 2.19. The molecule has 1 unspecified atom stereocenters. The predicted octanol–water partition coefficient (Wildman–Crippen LogP) is 4.06. The Morgan fingerprint density at radius 1 is 1.20 bits per heavy atom. The third kappa shape index (κ3) is 3.33. The van der Waals surface area contributed by atoms with E-state index in [1.807, 2.05) is 12.1 Å². The van der Waals surface area contributed by atoms with E-state index in [1.54, 1.807) is 19.1 Å². The van der Waals surface area contributed by atoms with E-state index in [2.05, 4.69) is 27.9 Å². The number of benzene rings is 2. The van der Waals surface area contributed by atoms with E-state index >= 15 is 0 Å². The molecule has 1 amide bonds. The Kier molecular flexibility index (Phi) is 4.69. The van der Waals surface area contributed by atoms with Crippen molar-refractivity contribution in [2.75, 3.05) is 0 Å². The van der Waals surface area contributed by atoms with E-state index in [1.165, 1.54) is 0 Å². The highest BCUT2D eigenvalue weighted by Crippen LogP contribution is 2.19. The third-order valence-corrected chi connectivity index (χ3v) is 3.83. The van der Waals surface area contributed by atoms with Gasteiger partial charge in [-0.05, 0) is 59.8 Å². The second-order valence-electron chi connectivity index (χ2n) is 4.34. The van der Waals surface area contributed by atoms with Gasteiger partial charge < -0.3 is 5.32 Å². The maximum Gasteiger partial charge on any atom is 0.252 e. The zero-order valence-corrected chi connectivity index (χ0v) is 12.8. The number of halogens is 3. The van der Waals surface area contributed by atoms with Crippen LogP contribution in [0.1, 0.15) is 28.9 Å². The summed E-state index contributed by atoms with van der Waals surface area (Å²) in [7, 11) is 0. The smallest absolute Gasteiger partial charge is 0.252 e. The summed E-state index contributed by atoms with van der Waals surface area (Å²) in [5.41, 5.74) is 0.640. The Bertz CT molecular complexity index is 646. The van der Waals surface area contributed by atoms with Crippen LogP contribution in [-0.2, 0) is 0 Å². The molecule has 0 aliphatic heterocycles. The Morgan fingerprint density at radius 3 is 2.60 bits per heavy atom.